The van der Waals surface area contributed by atoms with Gasteiger partial charge in [-0.2, -0.15) is 0 Å². The topological polar surface area (TPSA) is 86.0 Å². The lowest BCUT2D eigenvalue weighted by molar-refractivity contribution is -0.384. The lowest BCUT2D eigenvalue weighted by Gasteiger charge is -2.03. The number of carbonyl (C=O) groups excluding carboxylic acids is 1. The van der Waals surface area contributed by atoms with E-state index >= 15 is 0 Å². The van der Waals surface area contributed by atoms with Crippen molar-refractivity contribution >= 4 is 44.8 Å². The van der Waals surface area contributed by atoms with Crippen molar-refractivity contribution in [2.24, 2.45) is 0 Å². The number of thiophene rings is 1. The summed E-state index contributed by atoms with van der Waals surface area (Å²) in [6.07, 6.45) is 1.50. The lowest BCUT2D eigenvalue weighted by atomic mass is 10.1. The first-order chi connectivity index (χ1) is 11.5. The van der Waals surface area contributed by atoms with Gasteiger partial charge in [0.05, 0.1) is 10.7 Å². The number of thioether (sulfide) groups is 1. The van der Waals surface area contributed by atoms with Crippen LogP contribution in [0.1, 0.15) is 20.8 Å². The third-order valence-electron chi connectivity index (χ3n) is 3.65. The average molecular weight is 359 g/mol. The smallest absolute Gasteiger partial charge is 0.270 e. The summed E-state index contributed by atoms with van der Waals surface area (Å²) in [4.78, 5) is 33.3. The van der Waals surface area contributed by atoms with Gasteiger partial charge in [-0.1, -0.05) is 23.9 Å². The Morgan fingerprint density at radius 3 is 2.88 bits per heavy atom. The van der Waals surface area contributed by atoms with E-state index in [2.05, 4.69) is 9.97 Å². The quantitative estimate of drug-likeness (QED) is 0.223. The Bertz CT molecular complexity index is 953. The van der Waals surface area contributed by atoms with Gasteiger partial charge in [-0.25, -0.2) is 9.97 Å². The van der Waals surface area contributed by atoms with Crippen molar-refractivity contribution in [3.8, 4) is 0 Å². The van der Waals surface area contributed by atoms with Crippen LogP contribution in [0.2, 0.25) is 0 Å². The lowest BCUT2D eigenvalue weighted by Crippen LogP contribution is -2.03. The van der Waals surface area contributed by atoms with Gasteiger partial charge in [-0.3, -0.25) is 14.9 Å². The summed E-state index contributed by atoms with van der Waals surface area (Å²) in [5, 5.41) is 12.6. The van der Waals surface area contributed by atoms with Gasteiger partial charge in [0.25, 0.3) is 5.69 Å². The number of hydrogen-bond donors (Lipinski definition) is 0. The zero-order chi connectivity index (χ0) is 17.3. The van der Waals surface area contributed by atoms with Crippen molar-refractivity contribution in [2.45, 2.75) is 18.9 Å². The average Bonchev–Trinajstić information content (AvgIpc) is 2.87. The van der Waals surface area contributed by atoms with Crippen molar-refractivity contribution in [3.63, 3.8) is 0 Å². The highest BCUT2D eigenvalue weighted by molar-refractivity contribution is 8.00. The molecular formula is C16H13N3O3S2. The molecule has 0 spiro atoms. The first-order valence-corrected chi connectivity index (χ1v) is 8.88. The fraction of sp³-hybridized carbons (Fsp3) is 0.188. The zero-order valence-electron chi connectivity index (χ0n) is 13.0. The fourth-order valence-corrected chi connectivity index (χ4v) is 4.28. The van der Waals surface area contributed by atoms with Gasteiger partial charge in [-0.15, -0.1) is 11.3 Å². The summed E-state index contributed by atoms with van der Waals surface area (Å²) >= 11 is 2.94. The monoisotopic (exact) mass is 359 g/mol. The van der Waals surface area contributed by atoms with Crippen LogP contribution >= 0.6 is 23.1 Å². The Morgan fingerprint density at radius 1 is 1.33 bits per heavy atom. The first-order valence-electron chi connectivity index (χ1n) is 7.08. The highest BCUT2D eigenvalue weighted by atomic mass is 32.2. The highest BCUT2D eigenvalue weighted by Crippen LogP contribution is 2.34. The number of benzene rings is 1. The molecule has 122 valence electrons. The number of carbonyl (C=O) groups is 1. The SMILES string of the molecule is Cc1sc2ncnc(SCC(=O)c3cccc([N+](=O)[O-])c3)c2c1C. The Balaban J connectivity index is 1.82. The van der Waals surface area contributed by atoms with Crippen LogP contribution < -0.4 is 0 Å². The number of aryl methyl sites for hydroxylation is 2. The molecule has 24 heavy (non-hydrogen) atoms. The van der Waals surface area contributed by atoms with Gasteiger partial charge in [0, 0.05) is 28.0 Å². The van der Waals surface area contributed by atoms with Gasteiger partial charge in [-0.05, 0) is 19.4 Å². The third-order valence-corrected chi connectivity index (χ3v) is 5.75. The van der Waals surface area contributed by atoms with Gasteiger partial charge in [0.2, 0.25) is 0 Å². The standard InChI is InChI=1S/C16H13N3O3S2/c1-9-10(2)24-16-14(9)15(17-8-18-16)23-7-13(20)11-4-3-5-12(6-11)19(21)22/h3-6,8H,7H2,1-2H3. The Labute approximate surface area is 146 Å². The number of nitro groups is 1. The second-order valence-corrected chi connectivity index (χ2v) is 7.33. The Hall–Kier alpha value is -2.32. The Morgan fingerprint density at radius 2 is 2.12 bits per heavy atom. The summed E-state index contributed by atoms with van der Waals surface area (Å²) in [6.45, 7) is 4.05. The van der Waals surface area contributed by atoms with E-state index in [1.807, 2.05) is 13.8 Å². The van der Waals surface area contributed by atoms with E-state index in [1.54, 1.807) is 17.4 Å². The molecular weight excluding hydrogens is 346 g/mol. The maximum atomic E-state index is 12.3. The molecule has 3 aromatic rings. The number of non-ortho nitro benzene ring substituents is 1. The van der Waals surface area contributed by atoms with E-state index in [4.69, 9.17) is 0 Å². The molecule has 0 N–H and O–H groups in total. The molecule has 3 rings (SSSR count). The second kappa shape index (κ2) is 6.66. The van der Waals surface area contributed by atoms with E-state index in [0.29, 0.717) is 5.56 Å². The van der Waals surface area contributed by atoms with Crippen LogP contribution in [0.5, 0.6) is 0 Å². The summed E-state index contributed by atoms with van der Waals surface area (Å²) in [5.41, 5.74) is 1.38. The minimum atomic E-state index is -0.505. The maximum absolute atomic E-state index is 12.3. The number of fused-ring (bicyclic) bond motifs is 1. The minimum absolute atomic E-state index is 0.0837. The van der Waals surface area contributed by atoms with Crippen molar-refractivity contribution in [1.29, 1.82) is 0 Å². The van der Waals surface area contributed by atoms with Gasteiger partial charge < -0.3 is 0 Å². The van der Waals surface area contributed by atoms with Gasteiger partial charge >= 0.3 is 0 Å². The molecule has 0 aliphatic heterocycles. The van der Waals surface area contributed by atoms with Crippen LogP contribution in [0.4, 0.5) is 5.69 Å². The summed E-state index contributed by atoms with van der Waals surface area (Å²) in [5.74, 6) is 0.00166. The number of rotatable bonds is 5. The van der Waals surface area contributed by atoms with Crippen LogP contribution in [-0.4, -0.2) is 26.4 Å². The third kappa shape index (κ3) is 3.15. The molecule has 0 bridgehead atoms. The molecule has 8 heteroatoms. The molecule has 0 radical (unpaired) electrons. The summed E-state index contributed by atoms with van der Waals surface area (Å²) in [7, 11) is 0. The van der Waals surface area contributed by atoms with Crippen LogP contribution in [0.15, 0.2) is 35.6 Å². The molecule has 0 unspecified atom stereocenters. The molecule has 2 heterocycles. The molecule has 1 aromatic carbocycles. The van der Waals surface area contributed by atoms with E-state index in [1.165, 1.54) is 41.2 Å². The molecule has 2 aromatic heterocycles. The normalized spacial score (nSPS) is 10.9. The van der Waals surface area contributed by atoms with Gasteiger partial charge in [0.15, 0.2) is 5.78 Å². The van der Waals surface area contributed by atoms with Crippen molar-refractivity contribution in [1.82, 2.24) is 9.97 Å². The van der Waals surface area contributed by atoms with E-state index in [9.17, 15) is 14.9 Å². The van der Waals surface area contributed by atoms with Crippen molar-refractivity contribution in [3.05, 3.63) is 56.7 Å². The number of aromatic nitrogens is 2. The van der Waals surface area contributed by atoms with Crippen molar-refractivity contribution in [2.75, 3.05) is 5.75 Å². The number of nitrogens with zero attached hydrogens (tertiary/aromatic N) is 3. The molecule has 0 amide bonds. The maximum Gasteiger partial charge on any atom is 0.270 e. The number of Topliss-reactive ketones (excluding diaryl/α,β-unsaturated/α-hetero) is 1. The van der Waals surface area contributed by atoms with Crippen molar-refractivity contribution < 1.29 is 9.72 Å². The van der Waals surface area contributed by atoms with E-state index < -0.39 is 4.92 Å². The second-order valence-electron chi connectivity index (χ2n) is 5.16. The summed E-state index contributed by atoms with van der Waals surface area (Å²) < 4.78 is 0. The predicted molar refractivity (Wildman–Crippen MR) is 95.0 cm³/mol. The zero-order valence-corrected chi connectivity index (χ0v) is 14.6. The molecule has 0 saturated heterocycles. The van der Waals surface area contributed by atoms with E-state index in [0.717, 1.165) is 20.8 Å². The Kier molecular flexibility index (Phi) is 4.59. The minimum Gasteiger partial charge on any atom is -0.293 e. The highest BCUT2D eigenvalue weighted by Gasteiger charge is 2.15. The number of hydrogen-bond acceptors (Lipinski definition) is 7. The predicted octanol–water partition coefficient (Wildman–Crippen LogP) is 4.19. The molecule has 0 aliphatic carbocycles. The van der Waals surface area contributed by atoms with Gasteiger partial charge in [0.1, 0.15) is 16.2 Å². The van der Waals surface area contributed by atoms with Crippen LogP contribution in [-0.2, 0) is 0 Å². The summed E-state index contributed by atoms with van der Waals surface area (Å²) in [6, 6.07) is 5.78. The molecule has 6 nitrogen and oxygen atoms in total. The fourth-order valence-electron chi connectivity index (χ4n) is 2.27. The molecule has 0 saturated carbocycles. The number of ketones is 1. The molecule has 0 aliphatic rings. The van der Waals surface area contributed by atoms with Crippen LogP contribution in [0, 0.1) is 24.0 Å². The van der Waals surface area contributed by atoms with Crippen LogP contribution in [0.25, 0.3) is 10.2 Å². The molecule has 0 fully saturated rings. The largest absolute Gasteiger partial charge is 0.293 e. The molecule has 0 atom stereocenters. The van der Waals surface area contributed by atoms with E-state index in [-0.39, 0.29) is 17.2 Å². The number of nitro benzene ring substituents is 1. The first kappa shape index (κ1) is 16.5. The van der Waals surface area contributed by atoms with Crippen LogP contribution in [0.3, 0.4) is 0 Å².